The minimum atomic E-state index is 0.0300. The third-order valence-corrected chi connectivity index (χ3v) is 6.49. The molecule has 1 aromatic heterocycles. The van der Waals surface area contributed by atoms with Crippen LogP contribution >= 0.6 is 0 Å². The highest BCUT2D eigenvalue weighted by Gasteiger charge is 2.33. The monoisotopic (exact) mass is 419 g/mol. The number of hydrogen-bond donors (Lipinski definition) is 1. The second kappa shape index (κ2) is 8.35. The van der Waals surface area contributed by atoms with Crippen molar-refractivity contribution in [3.8, 4) is 11.3 Å². The summed E-state index contributed by atoms with van der Waals surface area (Å²) >= 11 is 0. The largest absolute Gasteiger partial charge is 0.384 e. The second-order valence-corrected chi connectivity index (χ2v) is 8.58. The summed E-state index contributed by atoms with van der Waals surface area (Å²) in [4.78, 5) is 15.9. The number of hydrogen-bond acceptors (Lipinski definition) is 6. The number of carbonyl (C=O) groups excluding carboxylic acids is 1. The molecule has 1 aliphatic carbocycles. The summed E-state index contributed by atoms with van der Waals surface area (Å²) in [6.07, 6.45) is 3.20. The Balaban J connectivity index is 1.61. The van der Waals surface area contributed by atoms with Gasteiger partial charge in [0, 0.05) is 49.7 Å². The SMILES string of the molecule is CCOCCCNc1cc(N2CCC(C)CC2)c2noc3c2c1C(=O)c1ccccc1-3. The van der Waals surface area contributed by atoms with Gasteiger partial charge in [-0.1, -0.05) is 36.3 Å². The fraction of sp³-hybridized carbons (Fsp3) is 0.440. The second-order valence-electron chi connectivity index (χ2n) is 8.58. The quantitative estimate of drug-likeness (QED) is 0.420. The number of aromatic nitrogens is 1. The average Bonchev–Trinajstić information content (AvgIpc) is 3.23. The Hall–Kier alpha value is -2.86. The van der Waals surface area contributed by atoms with Gasteiger partial charge in [-0.15, -0.1) is 0 Å². The van der Waals surface area contributed by atoms with E-state index in [1.54, 1.807) is 0 Å². The van der Waals surface area contributed by atoms with Crippen molar-refractivity contribution < 1.29 is 14.1 Å². The molecule has 0 amide bonds. The molecule has 1 aliphatic heterocycles. The van der Waals surface area contributed by atoms with Crippen molar-refractivity contribution in [1.29, 1.82) is 0 Å². The Morgan fingerprint density at radius 1 is 1.23 bits per heavy atom. The van der Waals surface area contributed by atoms with Crippen molar-refractivity contribution in [2.75, 3.05) is 43.1 Å². The van der Waals surface area contributed by atoms with Crippen LogP contribution in [0.1, 0.15) is 49.0 Å². The van der Waals surface area contributed by atoms with Crippen LogP contribution in [0.4, 0.5) is 11.4 Å². The van der Waals surface area contributed by atoms with E-state index < -0.39 is 0 Å². The molecule has 162 valence electrons. The van der Waals surface area contributed by atoms with E-state index in [9.17, 15) is 4.79 Å². The van der Waals surface area contributed by atoms with Gasteiger partial charge in [0.15, 0.2) is 11.5 Å². The number of nitrogens with one attached hydrogen (secondary N) is 1. The van der Waals surface area contributed by atoms with Crippen LogP contribution in [0.2, 0.25) is 0 Å². The molecule has 3 aromatic rings. The number of benzene rings is 2. The molecule has 2 aliphatic rings. The van der Waals surface area contributed by atoms with Gasteiger partial charge < -0.3 is 19.5 Å². The molecular formula is C25H29N3O3. The average molecular weight is 420 g/mol. The number of ether oxygens (including phenoxy) is 1. The summed E-state index contributed by atoms with van der Waals surface area (Å²) in [5.74, 6) is 1.47. The normalized spacial score (nSPS) is 16.1. The summed E-state index contributed by atoms with van der Waals surface area (Å²) in [6.45, 7) is 8.45. The van der Waals surface area contributed by atoms with Gasteiger partial charge in [0.1, 0.15) is 5.52 Å². The number of nitrogens with zero attached hydrogens (tertiary/aromatic N) is 2. The van der Waals surface area contributed by atoms with E-state index in [1.165, 1.54) is 0 Å². The summed E-state index contributed by atoms with van der Waals surface area (Å²) in [5, 5.41) is 8.82. The topological polar surface area (TPSA) is 67.6 Å². The van der Waals surface area contributed by atoms with Gasteiger partial charge in [-0.3, -0.25) is 4.79 Å². The molecule has 1 fully saturated rings. The van der Waals surface area contributed by atoms with E-state index in [-0.39, 0.29) is 5.78 Å². The van der Waals surface area contributed by atoms with Gasteiger partial charge in [-0.25, -0.2) is 0 Å². The Kier molecular flexibility index (Phi) is 5.40. The lowest BCUT2D eigenvalue weighted by molar-refractivity contribution is 0.104. The zero-order valence-electron chi connectivity index (χ0n) is 18.2. The van der Waals surface area contributed by atoms with Gasteiger partial charge in [0.05, 0.1) is 16.6 Å². The molecule has 0 atom stereocenters. The van der Waals surface area contributed by atoms with Gasteiger partial charge in [0.2, 0.25) is 0 Å². The minimum Gasteiger partial charge on any atom is -0.384 e. The number of ketones is 1. The predicted molar refractivity (Wildman–Crippen MR) is 123 cm³/mol. The van der Waals surface area contributed by atoms with Gasteiger partial charge in [0.25, 0.3) is 0 Å². The first-order chi connectivity index (χ1) is 15.2. The third kappa shape index (κ3) is 3.49. The highest BCUT2D eigenvalue weighted by Crippen LogP contribution is 2.46. The Morgan fingerprint density at radius 2 is 2.00 bits per heavy atom. The predicted octanol–water partition coefficient (Wildman–Crippen LogP) is 5.11. The van der Waals surface area contributed by atoms with Gasteiger partial charge in [-0.05, 0) is 38.2 Å². The number of anilines is 2. The third-order valence-electron chi connectivity index (χ3n) is 6.49. The molecule has 0 spiro atoms. The van der Waals surface area contributed by atoms with E-state index >= 15 is 0 Å². The Bertz CT molecular complexity index is 1110. The van der Waals surface area contributed by atoms with Crippen molar-refractivity contribution in [3.63, 3.8) is 0 Å². The Morgan fingerprint density at radius 3 is 2.77 bits per heavy atom. The zero-order valence-corrected chi connectivity index (χ0v) is 18.2. The standard InChI is InChI=1S/C25H29N3O3/c1-3-30-14-6-11-26-19-15-20(28-12-9-16(2)10-13-28)23-22-21(19)24(29)17-7-4-5-8-18(17)25(22)31-27-23/h4-5,7-8,15-16,26H,3,6,9-14H2,1-2H3. The maximum absolute atomic E-state index is 13.5. The van der Waals surface area contributed by atoms with Crippen LogP contribution in [0.3, 0.4) is 0 Å². The summed E-state index contributed by atoms with van der Waals surface area (Å²) in [5.41, 5.74) is 4.89. The molecule has 6 nitrogen and oxygen atoms in total. The molecule has 2 aromatic carbocycles. The first-order valence-electron chi connectivity index (χ1n) is 11.4. The van der Waals surface area contributed by atoms with Crippen molar-refractivity contribution in [1.82, 2.24) is 5.16 Å². The van der Waals surface area contributed by atoms with Crippen LogP contribution in [-0.2, 0) is 4.74 Å². The lowest BCUT2D eigenvalue weighted by Crippen LogP contribution is -2.33. The molecule has 2 heterocycles. The lowest BCUT2D eigenvalue weighted by atomic mass is 9.86. The van der Waals surface area contributed by atoms with Crippen LogP contribution in [-0.4, -0.2) is 43.8 Å². The first-order valence-corrected chi connectivity index (χ1v) is 11.4. The molecular weight excluding hydrogens is 390 g/mol. The van der Waals surface area contributed by atoms with E-state index in [2.05, 4.69) is 28.4 Å². The van der Waals surface area contributed by atoms with Crippen LogP contribution < -0.4 is 10.2 Å². The summed E-state index contributed by atoms with van der Waals surface area (Å²) in [6, 6.07) is 9.75. The van der Waals surface area contributed by atoms with E-state index in [4.69, 9.17) is 9.26 Å². The molecule has 0 bridgehead atoms. The van der Waals surface area contributed by atoms with Crippen LogP contribution in [0.15, 0.2) is 34.9 Å². The van der Waals surface area contributed by atoms with Crippen molar-refractivity contribution in [2.24, 2.45) is 5.92 Å². The number of carbonyl (C=O) groups is 1. The molecule has 5 rings (SSSR count). The molecule has 0 radical (unpaired) electrons. The zero-order chi connectivity index (χ0) is 21.4. The number of rotatable bonds is 7. The number of piperidine rings is 1. The minimum absolute atomic E-state index is 0.0300. The molecule has 0 unspecified atom stereocenters. The van der Waals surface area contributed by atoms with Gasteiger partial charge in [-0.2, -0.15) is 0 Å². The van der Waals surface area contributed by atoms with E-state index in [1.807, 2.05) is 31.2 Å². The first kappa shape index (κ1) is 20.1. The van der Waals surface area contributed by atoms with Crippen LogP contribution in [0.25, 0.3) is 22.2 Å². The van der Waals surface area contributed by atoms with Crippen molar-refractivity contribution in [3.05, 3.63) is 41.5 Å². The van der Waals surface area contributed by atoms with E-state index in [0.29, 0.717) is 30.1 Å². The Labute approximate surface area is 182 Å². The highest BCUT2D eigenvalue weighted by molar-refractivity contribution is 6.28. The van der Waals surface area contributed by atoms with Crippen LogP contribution in [0.5, 0.6) is 0 Å². The van der Waals surface area contributed by atoms with Crippen molar-refractivity contribution in [2.45, 2.75) is 33.1 Å². The summed E-state index contributed by atoms with van der Waals surface area (Å²) < 4.78 is 11.3. The molecule has 0 saturated carbocycles. The summed E-state index contributed by atoms with van der Waals surface area (Å²) in [7, 11) is 0. The lowest BCUT2D eigenvalue weighted by Gasteiger charge is -2.33. The smallest absolute Gasteiger partial charge is 0.196 e. The molecule has 6 heteroatoms. The van der Waals surface area contributed by atoms with Gasteiger partial charge >= 0.3 is 0 Å². The van der Waals surface area contributed by atoms with E-state index in [0.717, 1.165) is 72.7 Å². The highest BCUT2D eigenvalue weighted by atomic mass is 16.5. The molecule has 31 heavy (non-hydrogen) atoms. The van der Waals surface area contributed by atoms with Crippen LogP contribution in [0, 0.1) is 5.92 Å². The molecule has 1 N–H and O–H groups in total. The molecule has 1 saturated heterocycles. The fourth-order valence-corrected chi connectivity index (χ4v) is 4.71. The maximum atomic E-state index is 13.5. The maximum Gasteiger partial charge on any atom is 0.196 e. The fourth-order valence-electron chi connectivity index (χ4n) is 4.71. The number of fused-ring (bicyclic) bond motifs is 2. The van der Waals surface area contributed by atoms with Crippen molar-refractivity contribution >= 4 is 28.1 Å².